The van der Waals surface area contributed by atoms with Crippen molar-refractivity contribution in [1.82, 2.24) is 10.2 Å². The number of carbonyl (C=O) groups excluding carboxylic acids is 3. The van der Waals surface area contributed by atoms with E-state index in [1.165, 1.54) is 0 Å². The van der Waals surface area contributed by atoms with E-state index >= 15 is 0 Å². The summed E-state index contributed by atoms with van der Waals surface area (Å²) in [6.45, 7) is 1.68. The van der Waals surface area contributed by atoms with Crippen LogP contribution in [0.3, 0.4) is 0 Å². The summed E-state index contributed by atoms with van der Waals surface area (Å²) in [5.74, 6) is -1.57. The topological polar surface area (TPSA) is 98.7 Å². The normalized spacial score (nSPS) is 31.0. The summed E-state index contributed by atoms with van der Waals surface area (Å²) < 4.78 is -0.650. The highest BCUT2D eigenvalue weighted by Crippen LogP contribution is 2.66. The third-order valence-corrected chi connectivity index (χ3v) is 9.58. The van der Waals surface area contributed by atoms with Crippen LogP contribution in [0.25, 0.3) is 10.8 Å². The minimum atomic E-state index is -0.733. The van der Waals surface area contributed by atoms with E-state index in [1.807, 2.05) is 49.4 Å². The largest absolute Gasteiger partial charge is 0.394 e. The zero-order valence-corrected chi connectivity index (χ0v) is 19.6. The standard InChI is InChI=1S/C25H29N3O4S/c1-3-17(13-29)28-21(23(31)27-16-9-8-14-6-4-5-7-15(14)12-16)25-11-10-18(33-25)19(22(30)26-2)20(25)24(28)32/h4-9,12,17-21,29H,3,10-11,13H2,1-2H3,(H,26,30)(H,27,31)/t17-,18-,19+,20-,21?,25?/m0/s1. The monoisotopic (exact) mass is 467 g/mol. The third-order valence-electron chi connectivity index (χ3n) is 7.63. The number of benzene rings is 2. The van der Waals surface area contributed by atoms with Gasteiger partial charge < -0.3 is 20.6 Å². The zero-order chi connectivity index (χ0) is 23.3. The number of anilines is 1. The van der Waals surface area contributed by atoms with Gasteiger partial charge in [-0.1, -0.05) is 37.3 Å². The van der Waals surface area contributed by atoms with Gasteiger partial charge in [-0.05, 0) is 42.2 Å². The second-order valence-electron chi connectivity index (χ2n) is 9.21. The lowest BCUT2D eigenvalue weighted by molar-refractivity contribution is -0.142. The van der Waals surface area contributed by atoms with Crippen molar-refractivity contribution in [2.75, 3.05) is 19.0 Å². The molecule has 3 amide bonds. The predicted octanol–water partition coefficient (Wildman–Crippen LogP) is 2.39. The smallest absolute Gasteiger partial charge is 0.248 e. The fourth-order valence-corrected chi connectivity index (χ4v) is 8.35. The van der Waals surface area contributed by atoms with Gasteiger partial charge in [-0.3, -0.25) is 14.4 Å². The Morgan fingerprint density at radius 1 is 1.21 bits per heavy atom. The minimum absolute atomic E-state index is 0.0335. The van der Waals surface area contributed by atoms with Crippen LogP contribution >= 0.6 is 11.8 Å². The maximum atomic E-state index is 13.8. The van der Waals surface area contributed by atoms with Crippen molar-refractivity contribution in [3.63, 3.8) is 0 Å². The highest BCUT2D eigenvalue weighted by atomic mass is 32.2. The van der Waals surface area contributed by atoms with Gasteiger partial charge >= 0.3 is 0 Å². The number of nitrogens with one attached hydrogen (secondary N) is 2. The minimum Gasteiger partial charge on any atom is -0.394 e. The zero-order valence-electron chi connectivity index (χ0n) is 18.8. The molecule has 3 heterocycles. The van der Waals surface area contributed by atoms with Crippen molar-refractivity contribution in [3.05, 3.63) is 42.5 Å². The molecule has 2 unspecified atom stereocenters. The van der Waals surface area contributed by atoms with Crippen LogP contribution in [-0.2, 0) is 14.4 Å². The van der Waals surface area contributed by atoms with E-state index in [-0.39, 0.29) is 29.6 Å². The van der Waals surface area contributed by atoms with Crippen molar-refractivity contribution in [2.45, 2.75) is 48.3 Å². The Labute approximate surface area is 197 Å². The summed E-state index contributed by atoms with van der Waals surface area (Å²) in [6.07, 6.45) is 2.04. The van der Waals surface area contributed by atoms with E-state index in [4.69, 9.17) is 0 Å². The van der Waals surface area contributed by atoms with Gasteiger partial charge in [0.25, 0.3) is 0 Å². The maximum absolute atomic E-state index is 13.8. The first-order valence-corrected chi connectivity index (χ1v) is 12.4. The van der Waals surface area contributed by atoms with Crippen molar-refractivity contribution in [3.8, 4) is 0 Å². The van der Waals surface area contributed by atoms with Crippen LogP contribution in [-0.4, -0.2) is 63.5 Å². The van der Waals surface area contributed by atoms with E-state index in [2.05, 4.69) is 10.6 Å². The quantitative estimate of drug-likeness (QED) is 0.606. The van der Waals surface area contributed by atoms with E-state index in [0.717, 1.165) is 17.2 Å². The Kier molecular flexibility index (Phi) is 5.61. The number of hydrogen-bond acceptors (Lipinski definition) is 5. The molecule has 3 N–H and O–H groups in total. The lowest BCUT2D eigenvalue weighted by Crippen LogP contribution is -2.54. The van der Waals surface area contributed by atoms with Crippen LogP contribution in [0, 0.1) is 11.8 Å². The first kappa shape index (κ1) is 22.2. The molecular formula is C25H29N3O4S. The number of hydrogen-bond donors (Lipinski definition) is 3. The Bertz CT molecular complexity index is 1120. The van der Waals surface area contributed by atoms with Gasteiger partial charge in [0.15, 0.2) is 0 Å². The van der Waals surface area contributed by atoms with Gasteiger partial charge in [0.2, 0.25) is 17.7 Å². The second kappa shape index (κ2) is 8.33. The third kappa shape index (κ3) is 3.26. The summed E-state index contributed by atoms with van der Waals surface area (Å²) in [4.78, 5) is 41.9. The lowest BCUT2D eigenvalue weighted by Gasteiger charge is -2.36. The molecule has 5 rings (SSSR count). The summed E-state index contributed by atoms with van der Waals surface area (Å²) in [6, 6.07) is 12.5. The van der Waals surface area contributed by atoms with E-state index in [1.54, 1.807) is 23.7 Å². The molecular weight excluding hydrogens is 438 g/mol. The predicted molar refractivity (Wildman–Crippen MR) is 129 cm³/mol. The molecule has 6 atom stereocenters. The number of aliphatic hydroxyl groups excluding tert-OH is 1. The Morgan fingerprint density at radius 2 is 1.97 bits per heavy atom. The van der Waals surface area contributed by atoms with Crippen molar-refractivity contribution < 1.29 is 19.5 Å². The van der Waals surface area contributed by atoms with Gasteiger partial charge in [-0.2, -0.15) is 0 Å². The second-order valence-corrected chi connectivity index (χ2v) is 10.8. The average molecular weight is 468 g/mol. The number of fused-ring (bicyclic) bond motifs is 2. The molecule has 174 valence electrons. The van der Waals surface area contributed by atoms with Crippen molar-refractivity contribution >= 4 is 45.9 Å². The summed E-state index contributed by atoms with van der Waals surface area (Å²) >= 11 is 1.63. The molecule has 7 nitrogen and oxygen atoms in total. The molecule has 2 bridgehead atoms. The highest BCUT2D eigenvalue weighted by Gasteiger charge is 2.74. The maximum Gasteiger partial charge on any atom is 0.248 e. The lowest BCUT2D eigenvalue weighted by atomic mass is 9.70. The van der Waals surface area contributed by atoms with E-state index in [0.29, 0.717) is 18.5 Å². The summed E-state index contributed by atoms with van der Waals surface area (Å²) in [5, 5.41) is 18.0. The number of likely N-dealkylation sites (tertiary alicyclic amines) is 1. The molecule has 8 heteroatoms. The summed E-state index contributed by atoms with van der Waals surface area (Å²) in [5.41, 5.74) is 0.670. The number of aliphatic hydroxyl groups is 1. The average Bonchev–Trinajstić information content (AvgIpc) is 3.47. The van der Waals surface area contributed by atoms with Gasteiger partial charge in [-0.15, -0.1) is 11.8 Å². The molecule has 0 saturated carbocycles. The van der Waals surface area contributed by atoms with Crippen LogP contribution in [0.5, 0.6) is 0 Å². The molecule has 3 fully saturated rings. The molecule has 2 aromatic carbocycles. The molecule has 1 spiro atoms. The van der Waals surface area contributed by atoms with Crippen molar-refractivity contribution in [2.24, 2.45) is 11.8 Å². The molecule has 0 aliphatic carbocycles. The highest BCUT2D eigenvalue weighted by molar-refractivity contribution is 8.02. The molecule has 33 heavy (non-hydrogen) atoms. The Morgan fingerprint density at radius 3 is 2.67 bits per heavy atom. The summed E-state index contributed by atoms with van der Waals surface area (Å²) in [7, 11) is 1.59. The number of amides is 3. The van der Waals surface area contributed by atoms with Gasteiger partial charge in [0, 0.05) is 18.0 Å². The van der Waals surface area contributed by atoms with Crippen LogP contribution in [0.4, 0.5) is 5.69 Å². The number of nitrogens with zero attached hydrogens (tertiary/aromatic N) is 1. The SMILES string of the molecule is CC[C@@H](CO)N1C(=O)[C@@H]2[C@H](C(=O)NC)[C@@H]3CCC2(S3)C1C(=O)Nc1ccc2ccccc2c1. The first-order chi connectivity index (χ1) is 15.9. The fraction of sp³-hybridized carbons (Fsp3) is 0.480. The van der Waals surface area contributed by atoms with Gasteiger partial charge in [-0.25, -0.2) is 0 Å². The number of carbonyl (C=O) groups is 3. The first-order valence-electron chi connectivity index (χ1n) is 11.6. The Hall–Kier alpha value is -2.58. The molecule has 2 aromatic rings. The number of rotatable bonds is 6. The van der Waals surface area contributed by atoms with E-state index in [9.17, 15) is 19.5 Å². The van der Waals surface area contributed by atoms with Gasteiger partial charge in [0.1, 0.15) is 6.04 Å². The molecule has 0 aromatic heterocycles. The molecule has 3 saturated heterocycles. The molecule has 3 aliphatic rings. The fourth-order valence-electron chi connectivity index (χ4n) is 6.14. The Balaban J connectivity index is 1.53. The van der Waals surface area contributed by atoms with Gasteiger partial charge in [0.05, 0.1) is 29.2 Å². The molecule has 3 aliphatic heterocycles. The van der Waals surface area contributed by atoms with Crippen LogP contribution in [0.15, 0.2) is 42.5 Å². The van der Waals surface area contributed by atoms with Crippen LogP contribution < -0.4 is 10.6 Å². The van der Waals surface area contributed by atoms with Crippen LogP contribution in [0.2, 0.25) is 0 Å². The van der Waals surface area contributed by atoms with Crippen LogP contribution in [0.1, 0.15) is 26.2 Å². The van der Waals surface area contributed by atoms with Crippen molar-refractivity contribution in [1.29, 1.82) is 0 Å². The molecule has 0 radical (unpaired) electrons. The van der Waals surface area contributed by atoms with E-state index < -0.39 is 28.7 Å². The number of thioether (sulfide) groups is 1.